The molecule has 4 heteroatoms. The standard InChI is InChI=1S/C33H37NO3/c1-35-32(28-9-3-2-4-10-28)12-7-21-36-30-17-15-27(16-18-30)31-19-20-34-23-33(31)37-24-25-13-14-26-8-5-6-11-29(26)22-25/h2-6,8-11,13-18,22,31-34H,7,12,19-21,23-24H2,1H3. The van der Waals surface area contributed by atoms with E-state index in [-0.39, 0.29) is 12.2 Å². The van der Waals surface area contributed by atoms with Crippen LogP contribution >= 0.6 is 0 Å². The summed E-state index contributed by atoms with van der Waals surface area (Å²) in [6.45, 7) is 3.19. The van der Waals surface area contributed by atoms with E-state index in [1.54, 1.807) is 7.11 Å². The molecule has 1 saturated heterocycles. The molecule has 1 fully saturated rings. The summed E-state index contributed by atoms with van der Waals surface area (Å²) < 4.78 is 18.2. The number of fused-ring (bicyclic) bond motifs is 1. The lowest BCUT2D eigenvalue weighted by molar-refractivity contribution is 0.0106. The minimum atomic E-state index is 0.110. The van der Waals surface area contributed by atoms with Crippen LogP contribution in [0.4, 0.5) is 0 Å². The smallest absolute Gasteiger partial charge is 0.119 e. The summed E-state index contributed by atoms with van der Waals surface area (Å²) in [5.74, 6) is 1.30. The number of methoxy groups -OCH3 is 1. The lowest BCUT2D eigenvalue weighted by Crippen LogP contribution is -2.40. The molecule has 4 aromatic carbocycles. The molecular formula is C33H37NO3. The molecule has 3 unspecified atom stereocenters. The number of ether oxygens (including phenoxy) is 3. The third-order valence-electron chi connectivity index (χ3n) is 7.35. The first-order valence-electron chi connectivity index (χ1n) is 13.4. The highest BCUT2D eigenvalue weighted by atomic mass is 16.5. The number of hydrogen-bond acceptors (Lipinski definition) is 4. The summed E-state index contributed by atoms with van der Waals surface area (Å²) in [6, 6.07) is 34.1. The molecule has 4 nitrogen and oxygen atoms in total. The van der Waals surface area contributed by atoms with Crippen molar-refractivity contribution in [2.75, 3.05) is 26.8 Å². The van der Waals surface area contributed by atoms with Crippen LogP contribution < -0.4 is 10.1 Å². The quantitative estimate of drug-likeness (QED) is 0.226. The van der Waals surface area contributed by atoms with Crippen molar-refractivity contribution in [3.05, 3.63) is 114 Å². The number of rotatable bonds is 11. The van der Waals surface area contributed by atoms with Crippen LogP contribution in [-0.4, -0.2) is 32.9 Å². The Morgan fingerprint density at radius 3 is 2.46 bits per heavy atom. The number of hydrogen-bond donors (Lipinski definition) is 1. The van der Waals surface area contributed by atoms with Gasteiger partial charge in [-0.3, -0.25) is 0 Å². The first-order chi connectivity index (χ1) is 18.3. The zero-order valence-electron chi connectivity index (χ0n) is 21.6. The van der Waals surface area contributed by atoms with Gasteiger partial charge >= 0.3 is 0 Å². The lowest BCUT2D eigenvalue weighted by atomic mass is 9.87. The van der Waals surface area contributed by atoms with Crippen molar-refractivity contribution in [1.29, 1.82) is 0 Å². The van der Waals surface area contributed by atoms with E-state index in [1.165, 1.54) is 27.5 Å². The van der Waals surface area contributed by atoms with Gasteiger partial charge in [-0.25, -0.2) is 0 Å². The van der Waals surface area contributed by atoms with Crippen molar-refractivity contribution in [2.45, 2.75) is 44.0 Å². The maximum Gasteiger partial charge on any atom is 0.119 e. The van der Waals surface area contributed by atoms with Crippen LogP contribution in [0.1, 0.15) is 48.0 Å². The van der Waals surface area contributed by atoms with E-state index < -0.39 is 0 Å². The molecular weight excluding hydrogens is 458 g/mol. The minimum absolute atomic E-state index is 0.110. The molecule has 5 rings (SSSR count). The van der Waals surface area contributed by atoms with Crippen molar-refractivity contribution in [1.82, 2.24) is 5.32 Å². The Bertz CT molecular complexity index is 1240. The molecule has 0 saturated carbocycles. The van der Waals surface area contributed by atoms with Gasteiger partial charge in [0, 0.05) is 19.6 Å². The molecule has 0 radical (unpaired) electrons. The molecule has 0 aromatic heterocycles. The van der Waals surface area contributed by atoms with E-state index >= 15 is 0 Å². The van der Waals surface area contributed by atoms with E-state index in [2.05, 4.69) is 96.3 Å². The van der Waals surface area contributed by atoms with Crippen molar-refractivity contribution in [3.63, 3.8) is 0 Å². The van der Waals surface area contributed by atoms with Crippen LogP contribution in [-0.2, 0) is 16.1 Å². The number of nitrogens with one attached hydrogen (secondary N) is 1. The molecule has 1 N–H and O–H groups in total. The van der Waals surface area contributed by atoms with E-state index in [4.69, 9.17) is 14.2 Å². The lowest BCUT2D eigenvalue weighted by Gasteiger charge is -2.32. The van der Waals surface area contributed by atoms with Crippen LogP contribution in [0.5, 0.6) is 5.75 Å². The maximum absolute atomic E-state index is 6.46. The summed E-state index contributed by atoms with van der Waals surface area (Å²) in [5, 5.41) is 6.04. The van der Waals surface area contributed by atoms with E-state index in [9.17, 15) is 0 Å². The number of benzene rings is 4. The van der Waals surface area contributed by atoms with Crippen LogP contribution in [0.15, 0.2) is 97.1 Å². The third kappa shape index (κ3) is 6.78. The molecule has 0 spiro atoms. The van der Waals surface area contributed by atoms with Gasteiger partial charge in [-0.05, 0) is 71.5 Å². The van der Waals surface area contributed by atoms with Crippen LogP contribution in [0.3, 0.4) is 0 Å². The van der Waals surface area contributed by atoms with Gasteiger partial charge in [-0.15, -0.1) is 0 Å². The molecule has 3 atom stereocenters. The molecule has 0 amide bonds. The molecule has 192 valence electrons. The van der Waals surface area contributed by atoms with Gasteiger partial charge in [0.25, 0.3) is 0 Å². The summed E-state index contributed by atoms with van der Waals surface area (Å²) in [7, 11) is 1.77. The van der Waals surface area contributed by atoms with E-state index in [1.807, 2.05) is 6.07 Å². The first-order valence-corrected chi connectivity index (χ1v) is 13.4. The molecule has 1 aliphatic rings. The second-order valence-electron chi connectivity index (χ2n) is 9.83. The molecule has 1 aliphatic heterocycles. The SMILES string of the molecule is COC(CCCOc1ccc(C2CCNCC2OCc2ccc3ccccc3c2)cc1)c1ccccc1. The summed E-state index contributed by atoms with van der Waals surface area (Å²) in [5.41, 5.74) is 3.75. The van der Waals surface area contributed by atoms with Gasteiger partial charge in [-0.1, -0.05) is 78.9 Å². The largest absolute Gasteiger partial charge is 0.494 e. The zero-order valence-corrected chi connectivity index (χ0v) is 21.6. The van der Waals surface area contributed by atoms with Gasteiger partial charge < -0.3 is 19.5 Å². The normalized spacial score (nSPS) is 18.5. The predicted octanol–water partition coefficient (Wildman–Crippen LogP) is 7.05. The molecule has 4 aromatic rings. The summed E-state index contributed by atoms with van der Waals surface area (Å²) in [4.78, 5) is 0. The van der Waals surface area contributed by atoms with Gasteiger partial charge in [-0.2, -0.15) is 0 Å². The van der Waals surface area contributed by atoms with Gasteiger partial charge in [0.1, 0.15) is 5.75 Å². The second-order valence-corrected chi connectivity index (χ2v) is 9.83. The third-order valence-corrected chi connectivity index (χ3v) is 7.35. The zero-order chi connectivity index (χ0) is 25.3. The minimum Gasteiger partial charge on any atom is -0.494 e. The van der Waals surface area contributed by atoms with Gasteiger partial charge in [0.15, 0.2) is 0 Å². The topological polar surface area (TPSA) is 39.7 Å². The highest BCUT2D eigenvalue weighted by molar-refractivity contribution is 5.82. The van der Waals surface area contributed by atoms with E-state index in [0.717, 1.165) is 38.1 Å². The van der Waals surface area contributed by atoms with Gasteiger partial charge in [0.05, 0.1) is 25.4 Å². The Balaban J connectivity index is 1.13. The Kier molecular flexibility index (Phi) is 8.86. The molecule has 0 bridgehead atoms. The highest BCUT2D eigenvalue weighted by Gasteiger charge is 2.27. The molecule has 0 aliphatic carbocycles. The Labute approximate surface area is 220 Å². The first kappa shape index (κ1) is 25.5. The van der Waals surface area contributed by atoms with Crippen molar-refractivity contribution < 1.29 is 14.2 Å². The fourth-order valence-electron chi connectivity index (χ4n) is 5.28. The van der Waals surface area contributed by atoms with E-state index in [0.29, 0.717) is 19.1 Å². The highest BCUT2D eigenvalue weighted by Crippen LogP contribution is 2.30. The Morgan fingerprint density at radius 1 is 0.865 bits per heavy atom. The Hall–Kier alpha value is -3.18. The van der Waals surface area contributed by atoms with Gasteiger partial charge in [0.2, 0.25) is 0 Å². The van der Waals surface area contributed by atoms with Crippen molar-refractivity contribution in [3.8, 4) is 5.75 Å². The summed E-state index contributed by atoms with van der Waals surface area (Å²) in [6.07, 6.45) is 3.20. The second kappa shape index (κ2) is 12.9. The van der Waals surface area contributed by atoms with Crippen molar-refractivity contribution in [2.24, 2.45) is 0 Å². The maximum atomic E-state index is 6.46. The fraction of sp³-hybridized carbons (Fsp3) is 0.333. The fourth-order valence-corrected chi connectivity index (χ4v) is 5.28. The number of piperidine rings is 1. The molecule has 1 heterocycles. The van der Waals surface area contributed by atoms with Crippen molar-refractivity contribution >= 4 is 10.8 Å². The monoisotopic (exact) mass is 495 g/mol. The van der Waals surface area contributed by atoms with Crippen LogP contribution in [0, 0.1) is 0 Å². The predicted molar refractivity (Wildman–Crippen MR) is 150 cm³/mol. The average Bonchev–Trinajstić information content (AvgIpc) is 2.97. The Morgan fingerprint density at radius 2 is 1.65 bits per heavy atom. The summed E-state index contributed by atoms with van der Waals surface area (Å²) >= 11 is 0. The average molecular weight is 496 g/mol. The van der Waals surface area contributed by atoms with Crippen LogP contribution in [0.2, 0.25) is 0 Å². The van der Waals surface area contributed by atoms with Crippen LogP contribution in [0.25, 0.3) is 10.8 Å². The molecule has 37 heavy (non-hydrogen) atoms.